The number of hydrogen-bond donors (Lipinski definition) is 1. The predicted molar refractivity (Wildman–Crippen MR) is 75.5 cm³/mol. The van der Waals surface area contributed by atoms with Crippen molar-refractivity contribution in [1.82, 2.24) is 15.3 Å². The van der Waals surface area contributed by atoms with Crippen molar-refractivity contribution in [2.24, 2.45) is 0 Å². The number of rotatable bonds is 2. The van der Waals surface area contributed by atoms with Crippen molar-refractivity contribution in [3.63, 3.8) is 0 Å². The second-order valence-corrected chi connectivity index (χ2v) is 5.51. The summed E-state index contributed by atoms with van der Waals surface area (Å²) in [5.74, 6) is 0.532. The lowest BCUT2D eigenvalue weighted by molar-refractivity contribution is -0.118. The molecule has 0 aliphatic carbocycles. The van der Waals surface area contributed by atoms with Gasteiger partial charge in [-0.1, -0.05) is 29.8 Å². The fraction of sp³-hybridized carbons (Fsp3) is 0.214. The molecule has 0 spiro atoms. The van der Waals surface area contributed by atoms with E-state index in [1.807, 2.05) is 24.3 Å². The standard InChI is InChI=1S/C14H13N3OS/c1-9-2-4-10(5-3-9)12-13(16-7-6-15-12)14-17-11(18)8-19-14/h2-7,14H,8H2,1H3,(H,17,18). The molecule has 1 unspecified atom stereocenters. The maximum absolute atomic E-state index is 11.3. The number of benzene rings is 1. The highest BCUT2D eigenvalue weighted by atomic mass is 32.2. The fourth-order valence-electron chi connectivity index (χ4n) is 2.01. The molecule has 0 radical (unpaired) electrons. The van der Waals surface area contributed by atoms with Gasteiger partial charge in [0.05, 0.1) is 17.1 Å². The maximum Gasteiger partial charge on any atom is 0.231 e. The molecule has 0 bridgehead atoms. The van der Waals surface area contributed by atoms with Crippen LogP contribution in [0.4, 0.5) is 0 Å². The molecule has 1 fully saturated rings. The van der Waals surface area contributed by atoms with Crippen LogP contribution in [-0.2, 0) is 4.79 Å². The van der Waals surface area contributed by atoms with E-state index in [2.05, 4.69) is 22.2 Å². The van der Waals surface area contributed by atoms with Gasteiger partial charge in [0.2, 0.25) is 5.91 Å². The monoisotopic (exact) mass is 271 g/mol. The fourth-order valence-corrected chi connectivity index (χ4v) is 2.96. The summed E-state index contributed by atoms with van der Waals surface area (Å²) in [5.41, 5.74) is 3.89. The predicted octanol–water partition coefficient (Wildman–Crippen LogP) is 2.31. The average Bonchev–Trinajstić information content (AvgIpc) is 2.86. The lowest BCUT2D eigenvalue weighted by Crippen LogP contribution is -2.20. The van der Waals surface area contributed by atoms with Crippen LogP contribution in [0.15, 0.2) is 36.7 Å². The Balaban J connectivity index is 2.02. The Hall–Kier alpha value is -1.88. The highest BCUT2D eigenvalue weighted by Gasteiger charge is 2.27. The van der Waals surface area contributed by atoms with Gasteiger partial charge in [0.1, 0.15) is 5.37 Å². The Labute approximate surface area is 115 Å². The lowest BCUT2D eigenvalue weighted by atomic mass is 10.1. The Bertz CT molecular complexity index is 612. The van der Waals surface area contributed by atoms with Gasteiger partial charge in [-0.15, -0.1) is 11.8 Å². The quantitative estimate of drug-likeness (QED) is 0.910. The number of aromatic nitrogens is 2. The third-order valence-electron chi connectivity index (χ3n) is 2.97. The molecular weight excluding hydrogens is 258 g/mol. The van der Waals surface area contributed by atoms with Crippen LogP contribution >= 0.6 is 11.8 Å². The van der Waals surface area contributed by atoms with Gasteiger partial charge in [-0.3, -0.25) is 14.8 Å². The maximum atomic E-state index is 11.3. The van der Waals surface area contributed by atoms with E-state index in [1.165, 1.54) is 5.56 Å². The minimum absolute atomic E-state index is 0.0514. The molecule has 1 N–H and O–H groups in total. The van der Waals surface area contributed by atoms with E-state index in [9.17, 15) is 4.79 Å². The van der Waals surface area contributed by atoms with Crippen molar-refractivity contribution >= 4 is 17.7 Å². The van der Waals surface area contributed by atoms with Crippen LogP contribution in [0.5, 0.6) is 0 Å². The van der Waals surface area contributed by atoms with E-state index in [1.54, 1.807) is 24.2 Å². The molecule has 3 rings (SSSR count). The Morgan fingerprint density at radius 1 is 1.21 bits per heavy atom. The number of carbonyl (C=O) groups excluding carboxylic acids is 1. The van der Waals surface area contributed by atoms with Crippen LogP contribution in [0, 0.1) is 6.92 Å². The highest BCUT2D eigenvalue weighted by molar-refractivity contribution is 8.00. The number of carbonyl (C=O) groups is 1. The minimum atomic E-state index is -0.0995. The normalized spacial score (nSPS) is 18.4. The van der Waals surface area contributed by atoms with Crippen LogP contribution in [0.25, 0.3) is 11.3 Å². The van der Waals surface area contributed by atoms with Gasteiger partial charge in [-0.05, 0) is 6.92 Å². The Morgan fingerprint density at radius 3 is 2.63 bits per heavy atom. The number of nitrogens with one attached hydrogen (secondary N) is 1. The van der Waals surface area contributed by atoms with Crippen LogP contribution in [0.1, 0.15) is 16.6 Å². The van der Waals surface area contributed by atoms with Crippen molar-refractivity contribution in [1.29, 1.82) is 0 Å². The van der Waals surface area contributed by atoms with Crippen molar-refractivity contribution in [3.8, 4) is 11.3 Å². The molecule has 4 nitrogen and oxygen atoms in total. The molecular formula is C14H13N3OS. The van der Waals surface area contributed by atoms with E-state index < -0.39 is 0 Å². The van der Waals surface area contributed by atoms with Gasteiger partial charge in [0.15, 0.2) is 0 Å². The number of aryl methyl sites for hydroxylation is 1. The third kappa shape index (κ3) is 2.46. The van der Waals surface area contributed by atoms with Gasteiger partial charge < -0.3 is 5.32 Å². The molecule has 1 aromatic heterocycles. The smallest absolute Gasteiger partial charge is 0.231 e. The van der Waals surface area contributed by atoms with Crippen LogP contribution in [0.3, 0.4) is 0 Å². The van der Waals surface area contributed by atoms with Crippen molar-refractivity contribution < 1.29 is 4.79 Å². The summed E-state index contributed by atoms with van der Waals surface area (Å²) in [7, 11) is 0. The first kappa shape index (κ1) is 12.2. The molecule has 1 aliphatic rings. The number of hydrogen-bond acceptors (Lipinski definition) is 4. The van der Waals surface area contributed by atoms with Gasteiger partial charge in [-0.2, -0.15) is 0 Å². The summed E-state index contributed by atoms with van der Waals surface area (Å²) < 4.78 is 0. The molecule has 2 heterocycles. The third-order valence-corrected chi connectivity index (χ3v) is 4.08. The van der Waals surface area contributed by atoms with Crippen molar-refractivity contribution in [3.05, 3.63) is 47.9 Å². The van der Waals surface area contributed by atoms with Gasteiger partial charge in [-0.25, -0.2) is 0 Å². The molecule has 1 atom stereocenters. The van der Waals surface area contributed by atoms with Crippen molar-refractivity contribution in [2.45, 2.75) is 12.3 Å². The number of nitrogens with zero attached hydrogens (tertiary/aromatic N) is 2. The minimum Gasteiger partial charge on any atom is -0.338 e. The first-order valence-corrected chi connectivity index (χ1v) is 7.08. The van der Waals surface area contributed by atoms with E-state index >= 15 is 0 Å². The molecule has 19 heavy (non-hydrogen) atoms. The summed E-state index contributed by atoms with van der Waals surface area (Å²) in [6, 6.07) is 8.16. The van der Waals surface area contributed by atoms with E-state index in [0.717, 1.165) is 17.0 Å². The molecule has 96 valence electrons. The molecule has 1 aromatic carbocycles. The molecule has 5 heteroatoms. The Kier molecular flexibility index (Phi) is 3.21. The molecule has 1 amide bonds. The van der Waals surface area contributed by atoms with Gasteiger partial charge >= 0.3 is 0 Å². The number of thioether (sulfide) groups is 1. The van der Waals surface area contributed by atoms with E-state index in [-0.39, 0.29) is 11.3 Å². The first-order chi connectivity index (χ1) is 9.24. The first-order valence-electron chi connectivity index (χ1n) is 6.03. The Morgan fingerprint density at radius 2 is 1.95 bits per heavy atom. The number of amides is 1. The van der Waals surface area contributed by atoms with Crippen molar-refractivity contribution in [2.75, 3.05) is 5.75 Å². The second-order valence-electron chi connectivity index (χ2n) is 4.41. The molecule has 1 aliphatic heterocycles. The summed E-state index contributed by atoms with van der Waals surface area (Å²) >= 11 is 1.55. The zero-order valence-electron chi connectivity index (χ0n) is 10.5. The van der Waals surface area contributed by atoms with Gasteiger partial charge in [0, 0.05) is 18.0 Å². The van der Waals surface area contributed by atoms with Crippen LogP contribution in [0.2, 0.25) is 0 Å². The highest BCUT2D eigenvalue weighted by Crippen LogP contribution is 2.34. The van der Waals surface area contributed by atoms with E-state index in [4.69, 9.17) is 0 Å². The topological polar surface area (TPSA) is 54.9 Å². The summed E-state index contributed by atoms with van der Waals surface area (Å²) in [6.07, 6.45) is 3.35. The zero-order valence-corrected chi connectivity index (χ0v) is 11.3. The lowest BCUT2D eigenvalue weighted by Gasteiger charge is -2.12. The molecule has 2 aromatic rings. The van der Waals surface area contributed by atoms with E-state index in [0.29, 0.717) is 5.75 Å². The van der Waals surface area contributed by atoms with Crippen LogP contribution < -0.4 is 5.32 Å². The summed E-state index contributed by atoms with van der Waals surface area (Å²) in [4.78, 5) is 20.2. The average molecular weight is 271 g/mol. The van der Waals surface area contributed by atoms with Gasteiger partial charge in [0.25, 0.3) is 0 Å². The molecule has 1 saturated heterocycles. The summed E-state index contributed by atoms with van der Waals surface area (Å²) in [5, 5.41) is 2.81. The summed E-state index contributed by atoms with van der Waals surface area (Å²) in [6.45, 7) is 2.05. The van der Waals surface area contributed by atoms with Crippen LogP contribution in [-0.4, -0.2) is 21.6 Å². The SMILES string of the molecule is Cc1ccc(-c2nccnc2C2NC(=O)CS2)cc1. The zero-order chi connectivity index (χ0) is 13.2. The molecule has 0 saturated carbocycles. The second kappa shape index (κ2) is 5.01. The largest absolute Gasteiger partial charge is 0.338 e.